The number of esters is 1. The Hall–Kier alpha value is -2.18. The number of aryl methyl sites for hydroxylation is 1. The normalized spacial score (nSPS) is 10.4. The highest BCUT2D eigenvalue weighted by Gasteiger charge is 2.17. The van der Waals surface area contributed by atoms with Crippen molar-refractivity contribution in [3.8, 4) is 11.5 Å². The van der Waals surface area contributed by atoms with Gasteiger partial charge in [-0.05, 0) is 12.1 Å². The van der Waals surface area contributed by atoms with E-state index in [-0.39, 0.29) is 18.3 Å². The van der Waals surface area contributed by atoms with Gasteiger partial charge >= 0.3 is 5.97 Å². The summed E-state index contributed by atoms with van der Waals surface area (Å²) in [6.45, 7) is 1.98. The number of carbonyl (C=O) groups excluding carboxylic acids is 1. The molecule has 2 aromatic rings. The van der Waals surface area contributed by atoms with Gasteiger partial charge in [0.25, 0.3) is 11.7 Å². The van der Waals surface area contributed by atoms with Gasteiger partial charge in [0.1, 0.15) is 0 Å². The van der Waals surface area contributed by atoms with E-state index in [1.165, 1.54) is 0 Å². The Morgan fingerprint density at radius 2 is 2.44 bits per heavy atom. The zero-order valence-corrected chi connectivity index (χ0v) is 8.88. The van der Waals surface area contributed by atoms with E-state index < -0.39 is 5.97 Å². The van der Waals surface area contributed by atoms with Crippen LogP contribution in [0, 0.1) is 0 Å². The van der Waals surface area contributed by atoms with Crippen LogP contribution < -0.4 is 0 Å². The minimum absolute atomic E-state index is 0.0827. The van der Waals surface area contributed by atoms with Crippen LogP contribution in [-0.2, 0) is 11.8 Å². The lowest BCUT2D eigenvalue weighted by molar-refractivity contribution is 0.0508. The maximum atomic E-state index is 11.3. The molecular formula is C9H10N4O3. The summed E-state index contributed by atoms with van der Waals surface area (Å²) < 4.78 is 11.3. The molecule has 0 radical (unpaired) electrons. The fraction of sp³-hybridized carbons (Fsp3) is 0.333. The number of hydrogen-bond donors (Lipinski definition) is 0. The second-order valence-electron chi connectivity index (χ2n) is 3.05. The Bertz CT molecular complexity index is 502. The van der Waals surface area contributed by atoms with Gasteiger partial charge in [0.05, 0.1) is 18.4 Å². The molecule has 0 saturated heterocycles. The summed E-state index contributed by atoms with van der Waals surface area (Å²) in [5.74, 6) is -0.432. The van der Waals surface area contributed by atoms with Crippen LogP contribution in [0.1, 0.15) is 17.5 Å². The standard InChI is InChI=1S/C9H10N4O3/c1-3-15-9(14)7-11-8(16-12-7)6-4-10-13(2)5-6/h4-5H,3H2,1-2H3. The number of nitrogens with zero attached hydrogens (tertiary/aromatic N) is 4. The molecule has 2 rings (SSSR count). The fourth-order valence-corrected chi connectivity index (χ4v) is 1.15. The molecular weight excluding hydrogens is 212 g/mol. The third kappa shape index (κ3) is 1.92. The van der Waals surface area contributed by atoms with E-state index in [2.05, 4.69) is 15.2 Å². The Morgan fingerprint density at radius 1 is 1.62 bits per heavy atom. The van der Waals surface area contributed by atoms with Crippen molar-refractivity contribution in [1.82, 2.24) is 19.9 Å². The van der Waals surface area contributed by atoms with Crippen LogP contribution in [0.2, 0.25) is 0 Å². The zero-order valence-electron chi connectivity index (χ0n) is 8.88. The maximum Gasteiger partial charge on any atom is 0.379 e. The summed E-state index contributed by atoms with van der Waals surface area (Å²) in [5, 5.41) is 7.48. The molecule has 0 saturated carbocycles. The Balaban J connectivity index is 2.22. The van der Waals surface area contributed by atoms with Gasteiger partial charge in [-0.25, -0.2) is 4.79 Å². The maximum absolute atomic E-state index is 11.3. The summed E-state index contributed by atoms with van der Waals surface area (Å²) in [4.78, 5) is 15.2. The van der Waals surface area contributed by atoms with Crippen LogP contribution in [0.3, 0.4) is 0 Å². The number of hydrogen-bond acceptors (Lipinski definition) is 6. The summed E-state index contributed by atoms with van der Waals surface area (Å²) in [5.41, 5.74) is 0.658. The highest BCUT2D eigenvalue weighted by atomic mass is 16.5. The van der Waals surface area contributed by atoms with E-state index in [1.54, 1.807) is 31.0 Å². The zero-order chi connectivity index (χ0) is 11.5. The van der Waals surface area contributed by atoms with Gasteiger partial charge in [-0.2, -0.15) is 10.1 Å². The topological polar surface area (TPSA) is 83.0 Å². The summed E-state index contributed by atoms with van der Waals surface area (Å²) in [7, 11) is 1.77. The number of rotatable bonds is 3. The SMILES string of the molecule is CCOC(=O)c1noc(-c2cnn(C)c2)n1. The van der Waals surface area contributed by atoms with Crippen molar-refractivity contribution in [3.63, 3.8) is 0 Å². The first-order valence-electron chi connectivity index (χ1n) is 4.70. The van der Waals surface area contributed by atoms with Crippen LogP contribution in [-0.4, -0.2) is 32.5 Å². The Kier molecular flexibility index (Phi) is 2.67. The first kappa shape index (κ1) is 10.3. The number of aromatic nitrogens is 4. The van der Waals surface area contributed by atoms with Gasteiger partial charge in [0, 0.05) is 13.2 Å². The number of carbonyl (C=O) groups is 1. The molecule has 0 N–H and O–H groups in total. The first-order chi connectivity index (χ1) is 7.70. The largest absolute Gasteiger partial charge is 0.460 e. The number of ether oxygens (including phenoxy) is 1. The van der Waals surface area contributed by atoms with Crippen molar-refractivity contribution in [2.24, 2.45) is 7.05 Å². The van der Waals surface area contributed by atoms with Gasteiger partial charge in [0.15, 0.2) is 0 Å². The molecule has 2 aromatic heterocycles. The van der Waals surface area contributed by atoms with E-state index in [9.17, 15) is 4.79 Å². The molecule has 0 unspecified atom stereocenters. The molecule has 0 aromatic carbocycles. The van der Waals surface area contributed by atoms with Crippen molar-refractivity contribution in [3.05, 3.63) is 18.2 Å². The van der Waals surface area contributed by atoms with Crippen molar-refractivity contribution < 1.29 is 14.1 Å². The van der Waals surface area contributed by atoms with Crippen molar-refractivity contribution in [1.29, 1.82) is 0 Å². The molecule has 0 amide bonds. The third-order valence-corrected chi connectivity index (χ3v) is 1.84. The predicted molar refractivity (Wildman–Crippen MR) is 52.5 cm³/mol. The summed E-state index contributed by atoms with van der Waals surface area (Å²) in [6, 6.07) is 0. The fourth-order valence-electron chi connectivity index (χ4n) is 1.15. The highest BCUT2D eigenvalue weighted by Crippen LogP contribution is 2.15. The van der Waals surface area contributed by atoms with E-state index >= 15 is 0 Å². The molecule has 0 atom stereocenters. The summed E-state index contributed by atoms with van der Waals surface area (Å²) in [6.07, 6.45) is 3.28. The quantitative estimate of drug-likeness (QED) is 0.709. The molecule has 0 bridgehead atoms. The lowest BCUT2D eigenvalue weighted by Crippen LogP contribution is -2.06. The molecule has 7 nitrogen and oxygen atoms in total. The predicted octanol–water partition coefficient (Wildman–Crippen LogP) is 0.647. The van der Waals surface area contributed by atoms with Crippen LogP contribution in [0.5, 0.6) is 0 Å². The third-order valence-electron chi connectivity index (χ3n) is 1.84. The van der Waals surface area contributed by atoms with Crippen LogP contribution in [0.25, 0.3) is 11.5 Å². The van der Waals surface area contributed by atoms with Crippen molar-refractivity contribution in [2.45, 2.75) is 6.92 Å². The lowest BCUT2D eigenvalue weighted by atomic mass is 10.4. The molecule has 0 spiro atoms. The minimum Gasteiger partial charge on any atom is -0.460 e. The molecule has 2 heterocycles. The Labute approximate surface area is 91.0 Å². The van der Waals surface area contributed by atoms with Gasteiger partial charge in [0.2, 0.25) is 0 Å². The molecule has 16 heavy (non-hydrogen) atoms. The first-order valence-corrected chi connectivity index (χ1v) is 4.70. The van der Waals surface area contributed by atoms with Crippen LogP contribution in [0.4, 0.5) is 0 Å². The van der Waals surface area contributed by atoms with Crippen LogP contribution >= 0.6 is 0 Å². The van der Waals surface area contributed by atoms with Gasteiger partial charge in [-0.1, -0.05) is 0 Å². The highest BCUT2D eigenvalue weighted by molar-refractivity contribution is 5.85. The van der Waals surface area contributed by atoms with Crippen LogP contribution in [0.15, 0.2) is 16.9 Å². The second-order valence-corrected chi connectivity index (χ2v) is 3.05. The van der Waals surface area contributed by atoms with E-state index in [1.807, 2.05) is 0 Å². The van der Waals surface area contributed by atoms with E-state index in [0.29, 0.717) is 5.56 Å². The van der Waals surface area contributed by atoms with E-state index in [0.717, 1.165) is 0 Å². The van der Waals surface area contributed by atoms with E-state index in [4.69, 9.17) is 9.26 Å². The molecule has 0 aliphatic rings. The lowest BCUT2D eigenvalue weighted by Gasteiger charge is -1.93. The summed E-state index contributed by atoms with van der Waals surface area (Å²) >= 11 is 0. The molecule has 0 fully saturated rings. The molecule has 84 valence electrons. The molecule has 0 aliphatic heterocycles. The van der Waals surface area contributed by atoms with Gasteiger partial charge in [-0.15, -0.1) is 0 Å². The van der Waals surface area contributed by atoms with Crippen molar-refractivity contribution >= 4 is 5.97 Å². The monoisotopic (exact) mass is 222 g/mol. The molecule has 0 aliphatic carbocycles. The average molecular weight is 222 g/mol. The smallest absolute Gasteiger partial charge is 0.379 e. The molecule has 7 heteroatoms. The van der Waals surface area contributed by atoms with Gasteiger partial charge < -0.3 is 9.26 Å². The Morgan fingerprint density at radius 3 is 3.06 bits per heavy atom. The van der Waals surface area contributed by atoms with Crippen molar-refractivity contribution in [2.75, 3.05) is 6.61 Å². The second kappa shape index (κ2) is 4.13. The van der Waals surface area contributed by atoms with Gasteiger partial charge in [-0.3, -0.25) is 4.68 Å². The average Bonchev–Trinajstić information content (AvgIpc) is 2.85. The minimum atomic E-state index is -0.596.